The number of carbonyl (C=O) groups excluding carboxylic acids is 3. The highest BCUT2D eigenvalue weighted by molar-refractivity contribution is 6.07. The maximum absolute atomic E-state index is 13.4. The second-order valence-corrected chi connectivity index (χ2v) is 10.4. The lowest BCUT2D eigenvalue weighted by Crippen LogP contribution is -2.51. The van der Waals surface area contributed by atoms with E-state index in [1.165, 1.54) is 0 Å². The van der Waals surface area contributed by atoms with E-state index in [2.05, 4.69) is 5.32 Å². The van der Waals surface area contributed by atoms with Gasteiger partial charge in [-0.2, -0.15) is 0 Å². The summed E-state index contributed by atoms with van der Waals surface area (Å²) in [5.74, 6) is -0.0660. The third-order valence-corrected chi connectivity index (χ3v) is 6.61. The average Bonchev–Trinajstić information content (AvgIpc) is 2.82. The van der Waals surface area contributed by atoms with Crippen LogP contribution >= 0.6 is 0 Å². The Morgan fingerprint density at radius 2 is 1.62 bits per heavy atom. The van der Waals surface area contributed by atoms with Gasteiger partial charge in [-0.1, -0.05) is 36.4 Å². The van der Waals surface area contributed by atoms with E-state index in [1.54, 1.807) is 0 Å². The van der Waals surface area contributed by atoms with E-state index in [-0.39, 0.29) is 23.8 Å². The first-order valence-electron chi connectivity index (χ1n) is 12.3. The van der Waals surface area contributed by atoms with Crippen LogP contribution in [0.15, 0.2) is 42.5 Å². The van der Waals surface area contributed by atoms with Crippen molar-refractivity contribution < 1.29 is 19.1 Å². The van der Waals surface area contributed by atoms with Gasteiger partial charge in [-0.3, -0.25) is 9.59 Å². The molecule has 0 radical (unpaired) electrons. The third-order valence-electron chi connectivity index (χ3n) is 6.61. The molecule has 2 heterocycles. The summed E-state index contributed by atoms with van der Waals surface area (Å²) in [6.45, 7) is 7.86. The fraction of sp³-hybridized carbons (Fsp3) is 0.519. The SMILES string of the molecule is CC(C)(C)OC(=O)NC1CCN(C(=O)C2CCCN(C(=O)c3cccc4ccccc34)C2)CC1. The van der Waals surface area contributed by atoms with Crippen molar-refractivity contribution in [2.24, 2.45) is 5.92 Å². The van der Waals surface area contributed by atoms with E-state index in [0.29, 0.717) is 44.6 Å². The first kappa shape index (κ1) is 24.0. The van der Waals surface area contributed by atoms with Gasteiger partial charge in [0.2, 0.25) is 5.91 Å². The van der Waals surface area contributed by atoms with Crippen LogP contribution in [0.2, 0.25) is 0 Å². The Bertz CT molecular complexity index is 1050. The molecule has 4 rings (SSSR count). The predicted octanol–water partition coefficient (Wildman–Crippen LogP) is 4.21. The molecular weight excluding hydrogens is 430 g/mol. The van der Waals surface area contributed by atoms with Crippen molar-refractivity contribution in [1.29, 1.82) is 0 Å². The lowest BCUT2D eigenvalue weighted by atomic mass is 9.94. The number of likely N-dealkylation sites (tertiary alicyclic amines) is 2. The van der Waals surface area contributed by atoms with Crippen molar-refractivity contribution in [1.82, 2.24) is 15.1 Å². The molecule has 3 amide bonds. The lowest BCUT2D eigenvalue weighted by molar-refractivity contribution is -0.138. The molecule has 2 aromatic rings. The Morgan fingerprint density at radius 3 is 2.35 bits per heavy atom. The average molecular weight is 466 g/mol. The van der Waals surface area contributed by atoms with E-state index in [4.69, 9.17) is 4.74 Å². The molecule has 2 fully saturated rings. The van der Waals surface area contributed by atoms with Crippen LogP contribution in [0.25, 0.3) is 10.8 Å². The van der Waals surface area contributed by atoms with Crippen molar-refractivity contribution in [2.45, 2.75) is 58.1 Å². The van der Waals surface area contributed by atoms with Crippen LogP contribution in [-0.4, -0.2) is 65.5 Å². The van der Waals surface area contributed by atoms with Gasteiger partial charge in [0.25, 0.3) is 5.91 Å². The van der Waals surface area contributed by atoms with Crippen LogP contribution in [-0.2, 0) is 9.53 Å². The number of nitrogens with zero attached hydrogens (tertiary/aromatic N) is 2. The zero-order valence-corrected chi connectivity index (χ0v) is 20.4. The number of amides is 3. The topological polar surface area (TPSA) is 79.0 Å². The van der Waals surface area contributed by atoms with Gasteiger partial charge in [-0.05, 0) is 63.3 Å². The van der Waals surface area contributed by atoms with E-state index < -0.39 is 11.7 Å². The molecule has 0 saturated carbocycles. The maximum Gasteiger partial charge on any atom is 0.407 e. The van der Waals surface area contributed by atoms with Crippen LogP contribution in [0.3, 0.4) is 0 Å². The number of hydrogen-bond donors (Lipinski definition) is 1. The second kappa shape index (κ2) is 10.0. The van der Waals surface area contributed by atoms with Gasteiger partial charge in [0.05, 0.1) is 5.92 Å². The molecule has 7 heteroatoms. The van der Waals surface area contributed by atoms with Gasteiger partial charge >= 0.3 is 6.09 Å². The predicted molar refractivity (Wildman–Crippen MR) is 132 cm³/mol. The number of fused-ring (bicyclic) bond motifs is 1. The number of benzene rings is 2. The normalized spacial score (nSPS) is 19.7. The van der Waals surface area contributed by atoms with Gasteiger partial charge in [-0.15, -0.1) is 0 Å². The zero-order valence-electron chi connectivity index (χ0n) is 20.4. The largest absolute Gasteiger partial charge is 0.444 e. The minimum atomic E-state index is -0.531. The number of piperidine rings is 2. The molecule has 1 atom stereocenters. The molecule has 1 N–H and O–H groups in total. The van der Waals surface area contributed by atoms with Crippen LogP contribution in [0.1, 0.15) is 56.8 Å². The highest BCUT2D eigenvalue weighted by Gasteiger charge is 2.34. The second-order valence-electron chi connectivity index (χ2n) is 10.4. The molecule has 1 unspecified atom stereocenters. The highest BCUT2D eigenvalue weighted by Crippen LogP contribution is 2.25. The maximum atomic E-state index is 13.4. The highest BCUT2D eigenvalue weighted by atomic mass is 16.6. The molecule has 0 spiro atoms. The number of alkyl carbamates (subject to hydrolysis) is 1. The van der Waals surface area contributed by atoms with E-state index >= 15 is 0 Å². The Hall–Kier alpha value is -3.09. The molecule has 7 nitrogen and oxygen atoms in total. The summed E-state index contributed by atoms with van der Waals surface area (Å²) in [4.78, 5) is 42.4. The first-order chi connectivity index (χ1) is 16.2. The summed E-state index contributed by atoms with van der Waals surface area (Å²) >= 11 is 0. The standard InChI is InChI=1S/C27H35N3O4/c1-27(2,3)34-26(33)28-21-13-16-29(17-14-21)24(31)20-10-7-15-30(18-20)25(32)23-12-6-9-19-8-4-5-11-22(19)23/h4-6,8-9,11-12,20-21H,7,10,13-18H2,1-3H3,(H,28,33). The third kappa shape index (κ3) is 5.69. The molecule has 2 saturated heterocycles. The van der Waals surface area contributed by atoms with Crippen LogP contribution in [0, 0.1) is 5.92 Å². The fourth-order valence-electron chi connectivity index (χ4n) is 4.92. The van der Waals surface area contributed by atoms with Gasteiger partial charge in [0.15, 0.2) is 0 Å². The minimum absolute atomic E-state index is 0.00503. The number of carbonyl (C=O) groups is 3. The summed E-state index contributed by atoms with van der Waals surface area (Å²) in [7, 11) is 0. The molecule has 2 aliphatic rings. The summed E-state index contributed by atoms with van der Waals surface area (Å²) in [6.07, 6.45) is 2.62. The lowest BCUT2D eigenvalue weighted by Gasteiger charge is -2.38. The summed E-state index contributed by atoms with van der Waals surface area (Å²) < 4.78 is 5.34. The van der Waals surface area contributed by atoms with E-state index in [1.807, 2.05) is 73.0 Å². The minimum Gasteiger partial charge on any atom is -0.444 e. The van der Waals surface area contributed by atoms with Crippen molar-refractivity contribution in [3.05, 3.63) is 48.0 Å². The van der Waals surface area contributed by atoms with E-state index in [0.717, 1.165) is 23.6 Å². The van der Waals surface area contributed by atoms with Crippen molar-refractivity contribution >= 4 is 28.7 Å². The smallest absolute Gasteiger partial charge is 0.407 e. The van der Waals surface area contributed by atoms with Gasteiger partial charge < -0.3 is 19.9 Å². The first-order valence-corrected chi connectivity index (χ1v) is 12.3. The molecule has 34 heavy (non-hydrogen) atoms. The molecule has 182 valence electrons. The van der Waals surface area contributed by atoms with Crippen molar-refractivity contribution in [3.63, 3.8) is 0 Å². The molecule has 2 aromatic carbocycles. The number of nitrogens with one attached hydrogen (secondary N) is 1. The molecular formula is C27H35N3O4. The van der Waals surface area contributed by atoms with Gasteiger partial charge in [0.1, 0.15) is 5.60 Å². The molecule has 0 aliphatic carbocycles. The van der Waals surface area contributed by atoms with E-state index in [9.17, 15) is 14.4 Å². The summed E-state index contributed by atoms with van der Waals surface area (Å²) in [5.41, 5.74) is 0.164. The molecule has 0 bridgehead atoms. The molecule has 2 aliphatic heterocycles. The fourth-order valence-corrected chi connectivity index (χ4v) is 4.92. The Labute approximate surface area is 201 Å². The van der Waals surface area contributed by atoms with Crippen LogP contribution in [0.4, 0.5) is 4.79 Å². The number of ether oxygens (including phenoxy) is 1. The van der Waals surface area contributed by atoms with Gasteiger partial charge in [0, 0.05) is 37.8 Å². The van der Waals surface area contributed by atoms with Crippen molar-refractivity contribution in [2.75, 3.05) is 26.2 Å². The zero-order chi connectivity index (χ0) is 24.3. The quantitative estimate of drug-likeness (QED) is 0.737. The monoisotopic (exact) mass is 465 g/mol. The van der Waals surface area contributed by atoms with Crippen LogP contribution in [0.5, 0.6) is 0 Å². The van der Waals surface area contributed by atoms with Gasteiger partial charge in [-0.25, -0.2) is 4.79 Å². The summed E-state index contributed by atoms with van der Waals surface area (Å²) in [6, 6.07) is 13.7. The van der Waals surface area contributed by atoms with Crippen molar-refractivity contribution in [3.8, 4) is 0 Å². The Kier molecular flexibility index (Phi) is 7.10. The Balaban J connectivity index is 1.33. The molecule has 0 aromatic heterocycles. The van der Waals surface area contributed by atoms with Crippen LogP contribution < -0.4 is 5.32 Å². The Morgan fingerprint density at radius 1 is 0.912 bits per heavy atom. The number of rotatable bonds is 3. The summed E-state index contributed by atoms with van der Waals surface area (Å²) in [5, 5.41) is 4.91. The number of hydrogen-bond acceptors (Lipinski definition) is 4.